The molecule has 2 aromatic rings. The highest BCUT2D eigenvalue weighted by Crippen LogP contribution is 2.22. The lowest BCUT2D eigenvalue weighted by atomic mass is 10.1. The third kappa shape index (κ3) is 5.63. The minimum atomic E-state index is -0.892. The summed E-state index contributed by atoms with van der Waals surface area (Å²) in [4.78, 5) is 34.9. The van der Waals surface area contributed by atoms with Crippen molar-refractivity contribution in [2.45, 2.75) is 47.3 Å². The van der Waals surface area contributed by atoms with Crippen LogP contribution in [0, 0.1) is 29.9 Å². The van der Waals surface area contributed by atoms with Crippen LogP contribution >= 0.6 is 0 Å². The quantitative estimate of drug-likeness (QED) is 0.412. The lowest BCUT2D eigenvalue weighted by Gasteiger charge is -2.14. The van der Waals surface area contributed by atoms with Gasteiger partial charge in [0, 0.05) is 6.54 Å². The Morgan fingerprint density at radius 3 is 2.34 bits per heavy atom. The minimum absolute atomic E-state index is 0.00919. The van der Waals surface area contributed by atoms with Gasteiger partial charge in [-0.25, -0.2) is 4.79 Å². The second-order valence-corrected chi connectivity index (χ2v) is 7.32. The highest BCUT2D eigenvalue weighted by atomic mass is 16.6. The molecule has 156 valence electrons. The highest BCUT2D eigenvalue weighted by molar-refractivity contribution is 5.92. The number of hydrogen-bond donors (Lipinski definition) is 1. The topological polar surface area (TPSA) is 116 Å². The number of nitrogens with one attached hydrogen (secondary N) is 1. The molecule has 0 aliphatic heterocycles. The summed E-state index contributed by atoms with van der Waals surface area (Å²) in [5, 5.41) is 18.0. The maximum Gasteiger partial charge on any atom is 0.338 e. The van der Waals surface area contributed by atoms with Crippen LogP contribution in [0.15, 0.2) is 24.3 Å². The zero-order chi connectivity index (χ0) is 21.7. The van der Waals surface area contributed by atoms with Crippen LogP contribution < -0.4 is 5.32 Å². The van der Waals surface area contributed by atoms with Gasteiger partial charge in [0.1, 0.15) is 11.4 Å². The number of nitro groups is 1. The van der Waals surface area contributed by atoms with Gasteiger partial charge in [0.25, 0.3) is 5.91 Å². The normalized spacial score (nSPS) is 11.9. The predicted molar refractivity (Wildman–Crippen MR) is 107 cm³/mol. The molecule has 0 saturated carbocycles. The second kappa shape index (κ2) is 9.31. The first kappa shape index (κ1) is 22.1. The number of ether oxygens (including phenoxy) is 1. The Morgan fingerprint density at radius 2 is 1.83 bits per heavy atom. The molecule has 1 N–H and O–H groups in total. The van der Waals surface area contributed by atoms with Gasteiger partial charge in [-0.2, -0.15) is 5.10 Å². The fraction of sp³-hybridized carbons (Fsp3) is 0.450. The molecule has 1 atom stereocenters. The number of esters is 1. The predicted octanol–water partition coefficient (Wildman–Crippen LogP) is 2.77. The Kier molecular flexibility index (Phi) is 7.08. The zero-order valence-corrected chi connectivity index (χ0v) is 17.3. The van der Waals surface area contributed by atoms with E-state index in [4.69, 9.17) is 4.74 Å². The summed E-state index contributed by atoms with van der Waals surface area (Å²) in [6.45, 7) is 9.57. The Labute approximate surface area is 169 Å². The summed E-state index contributed by atoms with van der Waals surface area (Å²) < 4.78 is 6.77. The Morgan fingerprint density at radius 1 is 1.21 bits per heavy atom. The van der Waals surface area contributed by atoms with Gasteiger partial charge in [0.2, 0.25) is 0 Å². The van der Waals surface area contributed by atoms with Crippen LogP contribution in [0.3, 0.4) is 0 Å². The molecule has 0 bridgehead atoms. The average Bonchev–Trinajstić information content (AvgIpc) is 2.93. The van der Waals surface area contributed by atoms with Crippen molar-refractivity contribution in [2.75, 3.05) is 6.54 Å². The molecule has 29 heavy (non-hydrogen) atoms. The molecule has 1 aromatic carbocycles. The summed E-state index contributed by atoms with van der Waals surface area (Å²) in [7, 11) is 0. The minimum Gasteiger partial charge on any atom is -0.449 e. The van der Waals surface area contributed by atoms with Crippen molar-refractivity contribution in [3.05, 3.63) is 56.9 Å². The standard InChI is InChI=1S/C20H26N4O5/c1-12(2)10-21-19(25)15(5)29-20(26)17-8-6-16(7-9-17)11-23-14(4)18(24(27)28)13(3)22-23/h6-9,12,15H,10-11H2,1-5H3,(H,21,25)/t15-/m0/s1. The second-order valence-electron chi connectivity index (χ2n) is 7.32. The van der Waals surface area contributed by atoms with E-state index in [2.05, 4.69) is 10.4 Å². The molecule has 9 heteroatoms. The third-order valence-corrected chi connectivity index (χ3v) is 4.39. The fourth-order valence-corrected chi connectivity index (χ4v) is 2.76. The van der Waals surface area contributed by atoms with Crippen LogP contribution in [-0.2, 0) is 16.1 Å². The number of amides is 1. The Hall–Kier alpha value is -3.23. The number of carbonyl (C=O) groups is 2. The van der Waals surface area contributed by atoms with E-state index >= 15 is 0 Å². The number of hydrogen-bond acceptors (Lipinski definition) is 6. The van der Waals surface area contributed by atoms with Gasteiger partial charge in [-0.15, -0.1) is 0 Å². The molecule has 0 spiro atoms. The molecule has 1 heterocycles. The summed E-state index contributed by atoms with van der Waals surface area (Å²) in [6.07, 6.45) is -0.892. The molecule has 1 aromatic heterocycles. The van der Waals surface area contributed by atoms with Gasteiger partial charge in [-0.05, 0) is 44.4 Å². The molecule has 0 saturated heterocycles. The van der Waals surface area contributed by atoms with E-state index in [1.807, 2.05) is 13.8 Å². The van der Waals surface area contributed by atoms with Crippen molar-refractivity contribution in [3.63, 3.8) is 0 Å². The number of benzene rings is 1. The third-order valence-electron chi connectivity index (χ3n) is 4.39. The van der Waals surface area contributed by atoms with Gasteiger partial charge in [-0.1, -0.05) is 26.0 Å². The monoisotopic (exact) mass is 402 g/mol. The molecule has 9 nitrogen and oxygen atoms in total. The van der Waals surface area contributed by atoms with Gasteiger partial charge in [0.05, 0.1) is 17.0 Å². The SMILES string of the molecule is Cc1nn(Cc2ccc(C(=O)O[C@@H](C)C(=O)NCC(C)C)cc2)c(C)c1[N+](=O)[O-]. The number of nitrogens with zero attached hydrogens (tertiary/aromatic N) is 3. The van der Waals surface area contributed by atoms with Gasteiger partial charge in [0.15, 0.2) is 6.10 Å². The summed E-state index contributed by atoms with van der Waals surface area (Å²) >= 11 is 0. The number of carbonyl (C=O) groups excluding carboxylic acids is 2. The Bertz CT molecular complexity index is 902. The molecular weight excluding hydrogens is 376 g/mol. The van der Waals surface area contributed by atoms with E-state index in [1.54, 1.807) is 42.8 Å². The molecule has 1 amide bonds. The maximum atomic E-state index is 12.2. The highest BCUT2D eigenvalue weighted by Gasteiger charge is 2.22. The van der Waals surface area contributed by atoms with Gasteiger partial charge >= 0.3 is 11.7 Å². The molecule has 0 fully saturated rings. The molecule has 0 radical (unpaired) electrons. The zero-order valence-electron chi connectivity index (χ0n) is 17.3. The number of rotatable bonds is 8. The molecule has 2 rings (SSSR count). The van der Waals surface area contributed by atoms with Crippen LogP contribution in [0.1, 0.15) is 48.1 Å². The smallest absolute Gasteiger partial charge is 0.338 e. The number of aromatic nitrogens is 2. The van der Waals surface area contributed by atoms with E-state index in [9.17, 15) is 19.7 Å². The number of aryl methyl sites for hydroxylation is 1. The van der Waals surface area contributed by atoms with Crippen LogP contribution in [0.25, 0.3) is 0 Å². The summed E-state index contributed by atoms with van der Waals surface area (Å²) in [5.74, 6) is -0.627. The lowest BCUT2D eigenvalue weighted by Crippen LogP contribution is -2.37. The first-order chi connectivity index (χ1) is 13.6. The Balaban J connectivity index is 2.01. The molecular formula is C20H26N4O5. The first-order valence-electron chi connectivity index (χ1n) is 9.36. The van der Waals surface area contributed by atoms with Crippen LogP contribution in [0.5, 0.6) is 0 Å². The van der Waals surface area contributed by atoms with Crippen molar-refractivity contribution in [1.29, 1.82) is 0 Å². The van der Waals surface area contributed by atoms with Gasteiger partial charge < -0.3 is 10.1 Å². The lowest BCUT2D eigenvalue weighted by molar-refractivity contribution is -0.386. The van der Waals surface area contributed by atoms with Crippen molar-refractivity contribution < 1.29 is 19.2 Å². The van der Waals surface area contributed by atoms with Crippen LogP contribution in [-0.4, -0.2) is 39.2 Å². The van der Waals surface area contributed by atoms with Crippen molar-refractivity contribution in [2.24, 2.45) is 5.92 Å². The van der Waals surface area contributed by atoms with Crippen LogP contribution in [0.4, 0.5) is 5.69 Å². The average molecular weight is 402 g/mol. The summed E-state index contributed by atoms with van der Waals surface area (Å²) in [6, 6.07) is 6.64. The maximum absolute atomic E-state index is 12.2. The molecule has 0 aliphatic rings. The van der Waals surface area contributed by atoms with Crippen molar-refractivity contribution >= 4 is 17.6 Å². The van der Waals surface area contributed by atoms with Gasteiger partial charge in [-0.3, -0.25) is 19.6 Å². The summed E-state index contributed by atoms with van der Waals surface area (Å²) in [5.41, 5.74) is 1.98. The van der Waals surface area contributed by atoms with E-state index in [1.165, 1.54) is 6.92 Å². The van der Waals surface area contributed by atoms with Crippen molar-refractivity contribution in [1.82, 2.24) is 15.1 Å². The van der Waals surface area contributed by atoms with E-state index < -0.39 is 17.0 Å². The first-order valence-corrected chi connectivity index (χ1v) is 9.36. The van der Waals surface area contributed by atoms with E-state index in [0.29, 0.717) is 36.0 Å². The van der Waals surface area contributed by atoms with Crippen molar-refractivity contribution in [3.8, 4) is 0 Å². The molecule has 0 unspecified atom stereocenters. The fourth-order valence-electron chi connectivity index (χ4n) is 2.76. The van der Waals surface area contributed by atoms with Crippen LogP contribution in [0.2, 0.25) is 0 Å². The largest absolute Gasteiger partial charge is 0.449 e. The van der Waals surface area contributed by atoms with E-state index in [0.717, 1.165) is 5.56 Å². The van der Waals surface area contributed by atoms with E-state index in [-0.39, 0.29) is 11.6 Å². The molecule has 0 aliphatic carbocycles.